The van der Waals surface area contributed by atoms with Crippen molar-refractivity contribution in [3.63, 3.8) is 0 Å². The number of anilines is 3. The van der Waals surface area contributed by atoms with Crippen molar-refractivity contribution in [2.45, 2.75) is 13.3 Å². The van der Waals surface area contributed by atoms with E-state index in [0.29, 0.717) is 17.9 Å². The van der Waals surface area contributed by atoms with Crippen LogP contribution in [0, 0.1) is 12.7 Å². The molecule has 8 nitrogen and oxygen atoms in total. The highest BCUT2D eigenvalue weighted by atomic mass is 19.1. The molecule has 2 aliphatic rings. The van der Waals surface area contributed by atoms with Crippen molar-refractivity contribution >= 4 is 34.1 Å². The summed E-state index contributed by atoms with van der Waals surface area (Å²) in [4.78, 5) is 21.6. The Morgan fingerprint density at radius 3 is 2.80 bits per heavy atom. The predicted molar refractivity (Wildman–Crippen MR) is 115 cm³/mol. The Morgan fingerprint density at radius 1 is 1.20 bits per heavy atom. The molecule has 1 saturated heterocycles. The Hall–Kier alpha value is -3.20. The molecule has 0 aliphatic carbocycles. The molecule has 0 bridgehead atoms. The van der Waals surface area contributed by atoms with Crippen molar-refractivity contribution in [3.05, 3.63) is 41.5 Å². The van der Waals surface area contributed by atoms with E-state index in [9.17, 15) is 9.18 Å². The quantitative estimate of drug-likeness (QED) is 0.680. The minimum Gasteiger partial charge on any atom is -0.369 e. The molecule has 1 aromatic carbocycles. The highest BCUT2D eigenvalue weighted by Crippen LogP contribution is 2.35. The number of carbonyl (C=O) groups is 1. The number of urea groups is 1. The molecular formula is C21H24FN7O. The first-order valence-electron chi connectivity index (χ1n) is 10.2. The Kier molecular flexibility index (Phi) is 4.54. The average Bonchev–Trinajstić information content (AvgIpc) is 3.30. The number of fused-ring (bicyclic) bond motifs is 2. The number of amides is 2. The number of halogens is 1. The van der Waals surface area contributed by atoms with Crippen molar-refractivity contribution in [3.8, 4) is 0 Å². The number of benzene rings is 1. The zero-order chi connectivity index (χ0) is 20.8. The summed E-state index contributed by atoms with van der Waals surface area (Å²) >= 11 is 0. The van der Waals surface area contributed by atoms with Gasteiger partial charge in [-0.2, -0.15) is 5.10 Å². The van der Waals surface area contributed by atoms with E-state index >= 15 is 0 Å². The molecule has 9 heteroatoms. The molecule has 2 aliphatic heterocycles. The normalized spacial score (nSPS) is 16.2. The fourth-order valence-corrected chi connectivity index (χ4v) is 4.29. The maximum atomic E-state index is 14.5. The molecule has 4 heterocycles. The third-order valence-corrected chi connectivity index (χ3v) is 5.70. The van der Waals surface area contributed by atoms with Gasteiger partial charge in [0.25, 0.3) is 0 Å². The zero-order valence-electron chi connectivity index (χ0n) is 17.1. The van der Waals surface area contributed by atoms with E-state index in [-0.39, 0.29) is 11.7 Å². The van der Waals surface area contributed by atoms with Gasteiger partial charge >= 0.3 is 6.03 Å². The van der Waals surface area contributed by atoms with Crippen molar-refractivity contribution in [2.75, 3.05) is 47.8 Å². The molecule has 0 radical (unpaired) electrons. The van der Waals surface area contributed by atoms with Crippen LogP contribution in [0.25, 0.3) is 10.9 Å². The Labute approximate surface area is 173 Å². The summed E-state index contributed by atoms with van der Waals surface area (Å²) in [7, 11) is 1.78. The Balaban J connectivity index is 1.44. The van der Waals surface area contributed by atoms with Gasteiger partial charge < -0.3 is 15.5 Å². The van der Waals surface area contributed by atoms with Crippen LogP contribution >= 0.6 is 0 Å². The van der Waals surface area contributed by atoms with E-state index in [1.54, 1.807) is 28.9 Å². The number of nitrogens with zero attached hydrogens (tertiary/aromatic N) is 5. The van der Waals surface area contributed by atoms with Gasteiger partial charge in [-0.15, -0.1) is 0 Å². The van der Waals surface area contributed by atoms with Crippen LogP contribution in [0.3, 0.4) is 0 Å². The maximum Gasteiger partial charge on any atom is 0.327 e. The standard InChI is InChI=1S/C21H24FN7O/c1-13-9-19(28-7-4-23-5-8-28)15-3-6-29(20(15)24-13)21(30)25-18-10-14-12-27(2)26-17(14)11-16(18)22/h9-12,23H,3-8H2,1-2H3,(H,25,30). The number of aromatic nitrogens is 3. The summed E-state index contributed by atoms with van der Waals surface area (Å²) in [6.45, 7) is 6.20. The van der Waals surface area contributed by atoms with Gasteiger partial charge in [0.05, 0.1) is 11.2 Å². The summed E-state index contributed by atoms with van der Waals surface area (Å²) < 4.78 is 16.2. The molecule has 2 aromatic heterocycles. The topological polar surface area (TPSA) is 78.3 Å². The number of carbonyl (C=O) groups excluding carboxylic acids is 1. The first kappa shape index (κ1) is 18.8. The fourth-order valence-electron chi connectivity index (χ4n) is 4.29. The lowest BCUT2D eigenvalue weighted by molar-refractivity contribution is 0.257. The largest absolute Gasteiger partial charge is 0.369 e. The van der Waals surface area contributed by atoms with Gasteiger partial charge in [-0.25, -0.2) is 14.2 Å². The second-order valence-corrected chi connectivity index (χ2v) is 7.85. The molecule has 30 heavy (non-hydrogen) atoms. The molecule has 0 atom stereocenters. The van der Waals surface area contributed by atoms with Crippen LogP contribution in [0.4, 0.5) is 26.4 Å². The van der Waals surface area contributed by atoms with E-state index in [0.717, 1.165) is 54.9 Å². The van der Waals surface area contributed by atoms with Gasteiger partial charge in [-0.05, 0) is 25.5 Å². The Morgan fingerprint density at radius 2 is 2.00 bits per heavy atom. The number of aryl methyl sites for hydroxylation is 2. The predicted octanol–water partition coefficient (Wildman–Crippen LogP) is 2.42. The SMILES string of the molecule is Cc1cc(N2CCNCC2)c2c(n1)N(C(=O)Nc1cc3cn(C)nc3cc1F)CC2. The lowest BCUT2D eigenvalue weighted by Crippen LogP contribution is -2.44. The molecule has 2 amide bonds. The van der Waals surface area contributed by atoms with Gasteiger partial charge in [0, 0.05) is 74.4 Å². The summed E-state index contributed by atoms with van der Waals surface area (Å²) in [6.07, 6.45) is 2.53. The summed E-state index contributed by atoms with van der Waals surface area (Å²) in [5, 5.41) is 11.1. The van der Waals surface area contributed by atoms with E-state index in [4.69, 9.17) is 0 Å². The van der Waals surface area contributed by atoms with Crippen molar-refractivity contribution < 1.29 is 9.18 Å². The number of nitrogens with one attached hydrogen (secondary N) is 2. The smallest absolute Gasteiger partial charge is 0.327 e. The van der Waals surface area contributed by atoms with Gasteiger partial charge in [-0.3, -0.25) is 9.58 Å². The molecule has 0 spiro atoms. The van der Waals surface area contributed by atoms with Crippen LogP contribution in [0.15, 0.2) is 24.4 Å². The highest BCUT2D eigenvalue weighted by molar-refractivity contribution is 6.04. The monoisotopic (exact) mass is 409 g/mol. The van der Waals surface area contributed by atoms with Crippen LogP contribution in [0.2, 0.25) is 0 Å². The van der Waals surface area contributed by atoms with Gasteiger partial charge in [0.1, 0.15) is 11.6 Å². The van der Waals surface area contributed by atoms with Gasteiger partial charge in [0.15, 0.2) is 0 Å². The number of piperazine rings is 1. The molecule has 3 aromatic rings. The molecule has 2 N–H and O–H groups in total. The second-order valence-electron chi connectivity index (χ2n) is 7.85. The summed E-state index contributed by atoms with van der Waals surface area (Å²) in [5.74, 6) is 0.163. The minimum atomic E-state index is -0.507. The zero-order valence-corrected chi connectivity index (χ0v) is 17.1. The lowest BCUT2D eigenvalue weighted by atomic mass is 10.1. The number of hydrogen-bond donors (Lipinski definition) is 2. The van der Waals surface area contributed by atoms with Crippen molar-refractivity contribution in [1.29, 1.82) is 0 Å². The summed E-state index contributed by atoms with van der Waals surface area (Å²) in [6, 6.07) is 4.68. The van der Waals surface area contributed by atoms with Crippen LogP contribution in [-0.4, -0.2) is 53.5 Å². The van der Waals surface area contributed by atoms with E-state index in [1.165, 1.54) is 6.07 Å². The molecular weight excluding hydrogens is 385 g/mol. The van der Waals surface area contributed by atoms with Crippen LogP contribution in [0.5, 0.6) is 0 Å². The molecule has 1 fully saturated rings. The third kappa shape index (κ3) is 3.24. The van der Waals surface area contributed by atoms with Gasteiger partial charge in [0.2, 0.25) is 0 Å². The number of rotatable bonds is 2. The molecule has 0 unspecified atom stereocenters. The number of pyridine rings is 1. The molecule has 156 valence electrons. The summed E-state index contributed by atoms with van der Waals surface area (Å²) in [5.41, 5.74) is 3.80. The van der Waals surface area contributed by atoms with Crippen LogP contribution in [-0.2, 0) is 13.5 Å². The lowest BCUT2D eigenvalue weighted by Gasteiger charge is -2.31. The van der Waals surface area contributed by atoms with Crippen LogP contribution < -0.4 is 20.4 Å². The van der Waals surface area contributed by atoms with Crippen LogP contribution in [0.1, 0.15) is 11.3 Å². The average molecular weight is 409 g/mol. The first-order valence-corrected chi connectivity index (χ1v) is 10.2. The maximum absolute atomic E-state index is 14.5. The minimum absolute atomic E-state index is 0.143. The first-order chi connectivity index (χ1) is 14.5. The van der Waals surface area contributed by atoms with E-state index in [1.807, 2.05) is 6.92 Å². The van der Waals surface area contributed by atoms with Crippen molar-refractivity contribution in [1.82, 2.24) is 20.1 Å². The Bertz CT molecular complexity index is 1140. The number of hydrogen-bond acceptors (Lipinski definition) is 5. The molecule has 0 saturated carbocycles. The van der Waals surface area contributed by atoms with E-state index < -0.39 is 5.82 Å². The second kappa shape index (κ2) is 7.24. The van der Waals surface area contributed by atoms with Crippen molar-refractivity contribution in [2.24, 2.45) is 7.05 Å². The third-order valence-electron chi connectivity index (χ3n) is 5.70. The van der Waals surface area contributed by atoms with Gasteiger partial charge in [-0.1, -0.05) is 0 Å². The van der Waals surface area contributed by atoms with E-state index in [2.05, 4.69) is 31.7 Å². The fraction of sp³-hybridized carbons (Fsp3) is 0.381. The molecule has 5 rings (SSSR count). The highest BCUT2D eigenvalue weighted by Gasteiger charge is 2.31.